The topological polar surface area (TPSA) is 75.6 Å². The van der Waals surface area contributed by atoms with Gasteiger partial charge >= 0.3 is 5.97 Å². The Kier molecular flexibility index (Phi) is 8.37. The molecule has 0 saturated heterocycles. The number of hydrogen-bond acceptors (Lipinski definition) is 4. The second-order valence-corrected chi connectivity index (χ2v) is 9.31. The highest BCUT2D eigenvalue weighted by atomic mass is 16.5. The van der Waals surface area contributed by atoms with Gasteiger partial charge in [0.1, 0.15) is 18.4 Å². The molecule has 0 saturated carbocycles. The maximum Gasteiger partial charge on any atom is 0.326 e. The number of carboxylic acids is 1. The molecule has 0 aliphatic rings. The molecule has 4 rings (SSSR count). The molecule has 0 bridgehead atoms. The first-order valence-electron chi connectivity index (χ1n) is 12.4. The van der Waals surface area contributed by atoms with Gasteiger partial charge < -0.3 is 15.2 Å². The molecule has 0 amide bonds. The second-order valence-electron chi connectivity index (χ2n) is 9.31. The lowest BCUT2D eigenvalue weighted by atomic mass is 10.00. The zero-order chi connectivity index (χ0) is 26.2. The number of nitrogens with one attached hydrogen (secondary N) is 1. The number of carbonyl (C=O) groups excluding carboxylic acids is 1. The molecule has 0 aliphatic heterocycles. The Hall–Kier alpha value is -4.38. The number of benzene rings is 4. The first kappa shape index (κ1) is 25.7. The van der Waals surface area contributed by atoms with Gasteiger partial charge in [-0.25, -0.2) is 4.79 Å². The van der Waals surface area contributed by atoms with E-state index in [0.717, 1.165) is 16.9 Å². The number of hydrogen-bond donors (Lipinski definition) is 2. The van der Waals surface area contributed by atoms with Gasteiger partial charge in [0.05, 0.1) is 0 Å². The van der Waals surface area contributed by atoms with Crippen molar-refractivity contribution in [3.8, 4) is 5.75 Å². The van der Waals surface area contributed by atoms with E-state index in [1.54, 1.807) is 48.5 Å². The number of rotatable bonds is 11. The molecule has 1 unspecified atom stereocenters. The van der Waals surface area contributed by atoms with Crippen LogP contribution in [0.4, 0.5) is 5.69 Å². The lowest BCUT2D eigenvalue weighted by Crippen LogP contribution is -2.32. The van der Waals surface area contributed by atoms with E-state index in [4.69, 9.17) is 4.74 Å². The van der Waals surface area contributed by atoms with Crippen molar-refractivity contribution >= 4 is 17.4 Å². The minimum atomic E-state index is -0.993. The SMILES string of the molecule is CC(C)c1ccc(COc2ccc(CC(Nc3ccccc3C(=O)c3ccccc3)C(=O)O)cc2)cc1. The summed E-state index contributed by atoms with van der Waals surface area (Å²) in [6.45, 7) is 4.80. The number of carbonyl (C=O) groups is 2. The van der Waals surface area contributed by atoms with Crippen LogP contribution < -0.4 is 10.1 Å². The Labute approximate surface area is 217 Å². The van der Waals surface area contributed by atoms with Crippen LogP contribution in [0.15, 0.2) is 103 Å². The highest BCUT2D eigenvalue weighted by molar-refractivity contribution is 6.12. The van der Waals surface area contributed by atoms with Gasteiger partial charge in [-0.2, -0.15) is 0 Å². The largest absolute Gasteiger partial charge is 0.489 e. The van der Waals surface area contributed by atoms with Crippen LogP contribution in [0, 0.1) is 0 Å². The molecule has 0 aliphatic carbocycles. The predicted molar refractivity (Wildman–Crippen MR) is 146 cm³/mol. The fourth-order valence-electron chi connectivity index (χ4n) is 4.06. The number of para-hydroxylation sites is 1. The summed E-state index contributed by atoms with van der Waals surface area (Å²) in [5, 5.41) is 13.0. The molecule has 2 N–H and O–H groups in total. The smallest absolute Gasteiger partial charge is 0.326 e. The second kappa shape index (κ2) is 12.0. The first-order valence-corrected chi connectivity index (χ1v) is 12.4. The van der Waals surface area contributed by atoms with Crippen molar-refractivity contribution in [2.75, 3.05) is 5.32 Å². The minimum absolute atomic E-state index is 0.159. The van der Waals surface area contributed by atoms with Crippen molar-refractivity contribution in [2.45, 2.75) is 38.8 Å². The van der Waals surface area contributed by atoms with Gasteiger partial charge in [0.2, 0.25) is 0 Å². The molecule has 5 heteroatoms. The monoisotopic (exact) mass is 493 g/mol. The van der Waals surface area contributed by atoms with Gasteiger partial charge in [-0.1, -0.05) is 92.7 Å². The summed E-state index contributed by atoms with van der Waals surface area (Å²) in [7, 11) is 0. The molecular weight excluding hydrogens is 462 g/mol. The van der Waals surface area contributed by atoms with E-state index in [1.807, 2.05) is 30.3 Å². The molecule has 0 aromatic heterocycles. The van der Waals surface area contributed by atoms with E-state index in [-0.39, 0.29) is 12.2 Å². The molecule has 5 nitrogen and oxygen atoms in total. The summed E-state index contributed by atoms with van der Waals surface area (Å²) in [5.41, 5.74) is 4.71. The van der Waals surface area contributed by atoms with E-state index in [0.29, 0.717) is 29.3 Å². The molecule has 0 radical (unpaired) electrons. The number of ketones is 1. The third kappa shape index (κ3) is 6.85. The third-order valence-corrected chi connectivity index (χ3v) is 6.25. The highest BCUT2D eigenvalue weighted by Gasteiger charge is 2.21. The molecule has 37 heavy (non-hydrogen) atoms. The first-order chi connectivity index (χ1) is 17.9. The van der Waals surface area contributed by atoms with Gasteiger partial charge in [-0.15, -0.1) is 0 Å². The van der Waals surface area contributed by atoms with Crippen LogP contribution in [0.5, 0.6) is 5.75 Å². The zero-order valence-electron chi connectivity index (χ0n) is 21.1. The van der Waals surface area contributed by atoms with E-state index >= 15 is 0 Å². The zero-order valence-corrected chi connectivity index (χ0v) is 21.1. The van der Waals surface area contributed by atoms with Crippen molar-refractivity contribution < 1.29 is 19.4 Å². The van der Waals surface area contributed by atoms with Crippen molar-refractivity contribution in [2.24, 2.45) is 0 Å². The van der Waals surface area contributed by atoms with Crippen LogP contribution in [0.3, 0.4) is 0 Å². The Morgan fingerprint density at radius 3 is 2.05 bits per heavy atom. The van der Waals surface area contributed by atoms with Crippen molar-refractivity contribution in [3.63, 3.8) is 0 Å². The summed E-state index contributed by atoms with van der Waals surface area (Å²) < 4.78 is 5.91. The summed E-state index contributed by atoms with van der Waals surface area (Å²) in [5.74, 6) is 0.0557. The Bertz CT molecular complexity index is 1330. The number of aliphatic carboxylic acids is 1. The van der Waals surface area contributed by atoms with Gasteiger partial charge in [0, 0.05) is 23.2 Å². The number of anilines is 1. The van der Waals surface area contributed by atoms with E-state index in [1.165, 1.54) is 5.56 Å². The van der Waals surface area contributed by atoms with E-state index < -0.39 is 12.0 Å². The molecule has 188 valence electrons. The third-order valence-electron chi connectivity index (χ3n) is 6.25. The lowest BCUT2D eigenvalue weighted by molar-refractivity contribution is -0.137. The van der Waals surface area contributed by atoms with Crippen LogP contribution in [0.25, 0.3) is 0 Å². The molecule has 0 fully saturated rings. The van der Waals surface area contributed by atoms with Crippen LogP contribution in [-0.4, -0.2) is 22.9 Å². The summed E-state index contributed by atoms with van der Waals surface area (Å²) in [6.07, 6.45) is 0.250. The Morgan fingerprint density at radius 1 is 0.784 bits per heavy atom. The fraction of sp³-hybridized carbons (Fsp3) is 0.188. The van der Waals surface area contributed by atoms with Crippen LogP contribution in [0.2, 0.25) is 0 Å². The normalized spacial score (nSPS) is 11.6. The number of ether oxygens (including phenoxy) is 1. The van der Waals surface area contributed by atoms with Crippen LogP contribution >= 0.6 is 0 Å². The fourth-order valence-corrected chi connectivity index (χ4v) is 4.06. The predicted octanol–water partition coefficient (Wildman–Crippen LogP) is 6.73. The molecular formula is C32H31NO4. The van der Waals surface area contributed by atoms with Gasteiger partial charge in [0.25, 0.3) is 0 Å². The molecule has 4 aromatic rings. The highest BCUT2D eigenvalue weighted by Crippen LogP contribution is 2.22. The van der Waals surface area contributed by atoms with Crippen LogP contribution in [0.1, 0.15) is 52.4 Å². The molecule has 0 spiro atoms. The average molecular weight is 494 g/mol. The van der Waals surface area contributed by atoms with E-state index in [2.05, 4.69) is 43.4 Å². The summed E-state index contributed by atoms with van der Waals surface area (Å²) in [4.78, 5) is 25.1. The minimum Gasteiger partial charge on any atom is -0.489 e. The van der Waals surface area contributed by atoms with Crippen molar-refractivity contribution in [1.29, 1.82) is 0 Å². The number of carboxylic acid groups (broad SMARTS) is 1. The summed E-state index contributed by atoms with van der Waals surface area (Å²) >= 11 is 0. The quantitative estimate of drug-likeness (QED) is 0.227. The van der Waals surface area contributed by atoms with E-state index in [9.17, 15) is 14.7 Å². The van der Waals surface area contributed by atoms with Gasteiger partial charge in [0.15, 0.2) is 5.78 Å². The molecule has 1 atom stereocenters. The summed E-state index contributed by atoms with van der Waals surface area (Å²) in [6, 6.07) is 30.9. The molecule has 0 heterocycles. The van der Waals surface area contributed by atoms with Crippen molar-refractivity contribution in [1.82, 2.24) is 0 Å². The maximum atomic E-state index is 13.0. The van der Waals surface area contributed by atoms with Gasteiger partial charge in [-0.05, 0) is 46.9 Å². The standard InChI is InChI=1S/C32H31NO4/c1-22(2)25-16-12-24(13-17-25)21-37-27-18-14-23(15-19-27)20-30(32(35)36)33-29-11-7-6-10-28(29)31(34)26-8-4-3-5-9-26/h3-19,22,30,33H,20-21H2,1-2H3,(H,35,36). The van der Waals surface area contributed by atoms with Crippen LogP contribution in [-0.2, 0) is 17.8 Å². The molecule has 4 aromatic carbocycles. The lowest BCUT2D eigenvalue weighted by Gasteiger charge is -2.18. The Morgan fingerprint density at radius 2 is 1.41 bits per heavy atom. The van der Waals surface area contributed by atoms with Gasteiger partial charge in [-0.3, -0.25) is 4.79 Å². The maximum absolute atomic E-state index is 13.0. The van der Waals surface area contributed by atoms with Crippen molar-refractivity contribution in [3.05, 3.63) is 131 Å². The average Bonchev–Trinajstić information content (AvgIpc) is 2.93. The Balaban J connectivity index is 1.41.